The molecule has 0 heterocycles. The Hall–Kier alpha value is -2.40. The minimum absolute atomic E-state index is 0.150. The Bertz CT molecular complexity index is 588. The molecule has 0 saturated carbocycles. The highest BCUT2D eigenvalue weighted by Crippen LogP contribution is 2.20. The first-order chi connectivity index (χ1) is 10.5. The fourth-order valence-corrected chi connectivity index (χ4v) is 1.91. The van der Waals surface area contributed by atoms with E-state index in [0.29, 0.717) is 11.5 Å². The largest absolute Gasteiger partial charge is 0.491 e. The van der Waals surface area contributed by atoms with Crippen LogP contribution in [0.4, 0.5) is 11.4 Å². The van der Waals surface area contributed by atoms with E-state index in [9.17, 15) is 5.11 Å². The quantitative estimate of drug-likeness (QED) is 0.712. The summed E-state index contributed by atoms with van der Waals surface area (Å²) >= 11 is 0. The average Bonchev–Trinajstić information content (AvgIpc) is 2.49. The molecule has 2 aromatic carbocycles. The van der Waals surface area contributed by atoms with Gasteiger partial charge in [0.05, 0.1) is 0 Å². The third-order valence-corrected chi connectivity index (χ3v) is 3.37. The first-order valence-electron chi connectivity index (χ1n) is 7.11. The summed E-state index contributed by atoms with van der Waals surface area (Å²) in [5.74, 6) is 1.35. The lowest BCUT2D eigenvalue weighted by atomic mass is 10.2. The van der Waals surface area contributed by atoms with Crippen molar-refractivity contribution in [2.75, 3.05) is 24.7 Å². The zero-order valence-electron chi connectivity index (χ0n) is 12.9. The molecule has 0 aliphatic heterocycles. The lowest BCUT2D eigenvalue weighted by molar-refractivity contribution is 0.0626. The van der Waals surface area contributed by atoms with Crippen LogP contribution in [-0.2, 0) is 0 Å². The van der Waals surface area contributed by atoms with Crippen LogP contribution in [-0.4, -0.2) is 24.4 Å². The number of aliphatic hydroxyl groups excluding tert-OH is 1. The van der Waals surface area contributed by atoms with Crippen molar-refractivity contribution in [2.45, 2.75) is 20.0 Å². The van der Waals surface area contributed by atoms with E-state index in [1.54, 1.807) is 24.3 Å². The molecule has 0 saturated heterocycles. The lowest BCUT2D eigenvalue weighted by Crippen LogP contribution is -2.25. The Balaban J connectivity index is 1.81. The molecule has 5 nitrogen and oxygen atoms in total. The molecule has 0 spiro atoms. The molecule has 0 aliphatic carbocycles. The topological polar surface area (TPSA) is 90.7 Å². The number of hydrogen-bond acceptors (Lipinski definition) is 5. The summed E-state index contributed by atoms with van der Waals surface area (Å²) < 4.78 is 11.1. The van der Waals surface area contributed by atoms with Crippen LogP contribution in [0.1, 0.15) is 11.1 Å². The third kappa shape index (κ3) is 4.30. The molecule has 0 aliphatic rings. The number of nitrogens with two attached hydrogens (primary N) is 2. The van der Waals surface area contributed by atoms with Crippen LogP contribution in [0, 0.1) is 13.8 Å². The van der Waals surface area contributed by atoms with Crippen LogP contribution < -0.4 is 20.9 Å². The van der Waals surface area contributed by atoms with Crippen molar-refractivity contribution in [1.82, 2.24) is 0 Å². The Morgan fingerprint density at radius 2 is 1.27 bits per heavy atom. The first kappa shape index (κ1) is 16.0. The fraction of sp³-hybridized carbons (Fsp3) is 0.294. The maximum absolute atomic E-state index is 9.92. The van der Waals surface area contributed by atoms with Gasteiger partial charge in [-0.1, -0.05) is 0 Å². The Morgan fingerprint density at radius 1 is 0.864 bits per heavy atom. The maximum Gasteiger partial charge on any atom is 0.122 e. The van der Waals surface area contributed by atoms with E-state index < -0.39 is 6.10 Å². The molecule has 0 aromatic heterocycles. The number of aryl methyl sites for hydroxylation is 2. The second kappa shape index (κ2) is 7.04. The highest BCUT2D eigenvalue weighted by Gasteiger charge is 2.08. The van der Waals surface area contributed by atoms with E-state index in [2.05, 4.69) is 0 Å². The standard InChI is InChI=1S/C17H22N2O3/c1-11-7-14(3-5-16(11)18)21-9-13(20)10-22-15-4-6-17(19)12(2)8-15/h3-8,13,20H,9-10,18-19H2,1-2H3. The van der Waals surface area contributed by atoms with Gasteiger partial charge >= 0.3 is 0 Å². The summed E-state index contributed by atoms with van der Waals surface area (Å²) in [6.07, 6.45) is -0.726. The van der Waals surface area contributed by atoms with Gasteiger partial charge in [0.2, 0.25) is 0 Å². The average molecular weight is 302 g/mol. The van der Waals surface area contributed by atoms with Gasteiger partial charge in [-0.3, -0.25) is 0 Å². The fourth-order valence-electron chi connectivity index (χ4n) is 1.91. The molecule has 2 rings (SSSR count). The molecular weight excluding hydrogens is 280 g/mol. The Labute approximate surface area is 130 Å². The summed E-state index contributed by atoms with van der Waals surface area (Å²) in [4.78, 5) is 0. The smallest absolute Gasteiger partial charge is 0.122 e. The third-order valence-electron chi connectivity index (χ3n) is 3.37. The minimum atomic E-state index is -0.726. The molecule has 22 heavy (non-hydrogen) atoms. The zero-order valence-corrected chi connectivity index (χ0v) is 12.9. The lowest BCUT2D eigenvalue weighted by Gasteiger charge is -2.14. The molecule has 5 heteroatoms. The van der Waals surface area contributed by atoms with Crippen molar-refractivity contribution in [3.63, 3.8) is 0 Å². The summed E-state index contributed by atoms with van der Waals surface area (Å²) in [5.41, 5.74) is 14.8. The molecule has 0 fully saturated rings. The number of nitrogen functional groups attached to an aromatic ring is 2. The van der Waals surface area contributed by atoms with Gasteiger partial charge in [-0.15, -0.1) is 0 Å². The molecule has 118 valence electrons. The zero-order chi connectivity index (χ0) is 16.1. The number of anilines is 2. The van der Waals surface area contributed by atoms with E-state index in [4.69, 9.17) is 20.9 Å². The number of benzene rings is 2. The second-order valence-corrected chi connectivity index (χ2v) is 5.31. The van der Waals surface area contributed by atoms with E-state index in [1.165, 1.54) is 0 Å². The van der Waals surface area contributed by atoms with Crippen molar-refractivity contribution >= 4 is 11.4 Å². The number of ether oxygens (including phenoxy) is 2. The van der Waals surface area contributed by atoms with E-state index in [0.717, 1.165) is 22.5 Å². The van der Waals surface area contributed by atoms with Crippen LogP contribution in [0.15, 0.2) is 36.4 Å². The summed E-state index contributed by atoms with van der Waals surface area (Å²) in [5, 5.41) is 9.92. The van der Waals surface area contributed by atoms with Crippen LogP contribution >= 0.6 is 0 Å². The highest BCUT2D eigenvalue weighted by atomic mass is 16.5. The molecule has 0 unspecified atom stereocenters. The van der Waals surface area contributed by atoms with Crippen LogP contribution in [0.3, 0.4) is 0 Å². The summed E-state index contributed by atoms with van der Waals surface area (Å²) in [6, 6.07) is 10.8. The van der Waals surface area contributed by atoms with E-state index in [-0.39, 0.29) is 13.2 Å². The van der Waals surface area contributed by atoms with Crippen molar-refractivity contribution in [3.8, 4) is 11.5 Å². The normalized spacial score (nSPS) is 10.7. The maximum atomic E-state index is 9.92. The van der Waals surface area contributed by atoms with Gasteiger partial charge in [-0.25, -0.2) is 0 Å². The van der Waals surface area contributed by atoms with Gasteiger partial charge in [0.25, 0.3) is 0 Å². The van der Waals surface area contributed by atoms with Gasteiger partial charge in [0.1, 0.15) is 30.8 Å². The SMILES string of the molecule is Cc1cc(OCC(O)COc2ccc(N)c(C)c2)ccc1N. The predicted molar refractivity (Wildman–Crippen MR) is 88.2 cm³/mol. The van der Waals surface area contributed by atoms with Crippen LogP contribution in [0.2, 0.25) is 0 Å². The second-order valence-electron chi connectivity index (χ2n) is 5.31. The van der Waals surface area contributed by atoms with Gasteiger partial charge in [0.15, 0.2) is 0 Å². The molecular formula is C17H22N2O3. The van der Waals surface area contributed by atoms with Gasteiger partial charge < -0.3 is 26.0 Å². The molecule has 0 atom stereocenters. The summed E-state index contributed by atoms with van der Waals surface area (Å²) in [7, 11) is 0. The van der Waals surface area contributed by atoms with Gasteiger partial charge in [0, 0.05) is 11.4 Å². The van der Waals surface area contributed by atoms with Crippen LogP contribution in [0.5, 0.6) is 11.5 Å². The Morgan fingerprint density at radius 3 is 1.64 bits per heavy atom. The number of rotatable bonds is 6. The first-order valence-corrected chi connectivity index (χ1v) is 7.11. The van der Waals surface area contributed by atoms with E-state index >= 15 is 0 Å². The van der Waals surface area contributed by atoms with Crippen molar-refractivity contribution in [1.29, 1.82) is 0 Å². The van der Waals surface area contributed by atoms with Crippen molar-refractivity contribution in [3.05, 3.63) is 47.5 Å². The molecule has 2 aromatic rings. The number of hydrogen-bond donors (Lipinski definition) is 3. The Kier molecular flexibility index (Phi) is 5.12. The molecule has 0 bridgehead atoms. The summed E-state index contributed by atoms with van der Waals surface area (Å²) in [6.45, 7) is 4.12. The predicted octanol–water partition coefficient (Wildman–Crippen LogP) is 2.29. The monoisotopic (exact) mass is 302 g/mol. The molecule has 0 amide bonds. The van der Waals surface area contributed by atoms with Gasteiger partial charge in [-0.2, -0.15) is 0 Å². The minimum Gasteiger partial charge on any atom is -0.491 e. The van der Waals surface area contributed by atoms with Crippen molar-refractivity contribution < 1.29 is 14.6 Å². The highest BCUT2D eigenvalue weighted by molar-refractivity contribution is 5.50. The van der Waals surface area contributed by atoms with Gasteiger partial charge in [-0.05, 0) is 61.4 Å². The van der Waals surface area contributed by atoms with Crippen molar-refractivity contribution in [2.24, 2.45) is 0 Å². The van der Waals surface area contributed by atoms with E-state index in [1.807, 2.05) is 26.0 Å². The molecule has 5 N–H and O–H groups in total. The molecule has 0 radical (unpaired) electrons. The number of aliphatic hydroxyl groups is 1. The van der Waals surface area contributed by atoms with Crippen LogP contribution in [0.25, 0.3) is 0 Å².